The second-order valence-corrected chi connectivity index (χ2v) is 9.45. The number of oxime groups is 2. The van der Waals surface area contributed by atoms with Crippen molar-refractivity contribution in [2.24, 2.45) is 20.5 Å². The van der Waals surface area contributed by atoms with E-state index in [4.69, 9.17) is 19.1 Å². The van der Waals surface area contributed by atoms with Gasteiger partial charge in [0.1, 0.15) is 37.1 Å². The number of hydrogen-bond acceptors (Lipinski definition) is 14. The van der Waals surface area contributed by atoms with E-state index >= 15 is 0 Å². The number of rotatable bonds is 10. The van der Waals surface area contributed by atoms with Gasteiger partial charge in [-0.25, -0.2) is 10.0 Å². The zero-order valence-electron chi connectivity index (χ0n) is 25.6. The topological polar surface area (TPSA) is 191 Å². The van der Waals surface area contributed by atoms with E-state index in [1.807, 2.05) is 0 Å². The van der Waals surface area contributed by atoms with Gasteiger partial charge in [-0.3, -0.25) is 9.59 Å². The van der Waals surface area contributed by atoms with E-state index in [0.29, 0.717) is 34.0 Å². The Kier molecular flexibility index (Phi) is 10.7. The van der Waals surface area contributed by atoms with Crippen LogP contribution in [0.5, 0.6) is 11.5 Å². The van der Waals surface area contributed by atoms with Crippen LogP contribution in [0.1, 0.15) is 25.0 Å². The minimum Gasteiger partial charge on any atom is -0.497 e. The maximum Gasteiger partial charge on any atom is 0.277 e. The third-order valence-electron chi connectivity index (χ3n) is 7.04. The molecule has 2 unspecified atom stereocenters. The lowest BCUT2D eigenvalue weighted by Crippen LogP contribution is -2.61. The van der Waals surface area contributed by atoms with Crippen LogP contribution in [0.25, 0.3) is 0 Å². The van der Waals surface area contributed by atoms with Gasteiger partial charge < -0.3 is 29.6 Å². The van der Waals surface area contributed by atoms with Crippen LogP contribution in [0.2, 0.25) is 0 Å². The molecule has 0 bridgehead atoms. The summed E-state index contributed by atoms with van der Waals surface area (Å²) in [6, 6.07) is 14.0. The summed E-state index contributed by atoms with van der Waals surface area (Å²) in [5.41, 5.74) is 3.35. The van der Waals surface area contributed by atoms with Crippen LogP contribution in [-0.2, 0) is 19.3 Å². The number of ether oxygens (including phenoxy) is 2. The highest BCUT2D eigenvalue weighted by Crippen LogP contribution is 2.28. The van der Waals surface area contributed by atoms with E-state index in [1.54, 1.807) is 76.6 Å². The lowest BCUT2D eigenvalue weighted by molar-refractivity contribution is -0.133. The molecule has 16 heteroatoms. The number of carbonyl (C=O) groups is 2. The highest BCUT2D eigenvalue weighted by molar-refractivity contribution is 6.38. The molecule has 2 heterocycles. The Morgan fingerprint density at radius 2 is 1.00 bits per heavy atom. The number of benzene rings is 2. The molecule has 2 atom stereocenters. The first-order valence-electron chi connectivity index (χ1n) is 13.0. The quantitative estimate of drug-likeness (QED) is 0.224. The summed E-state index contributed by atoms with van der Waals surface area (Å²) in [6.45, 7) is 3.14. The van der Waals surface area contributed by atoms with Crippen LogP contribution in [0.4, 0.5) is 0 Å². The smallest absolute Gasteiger partial charge is 0.277 e. The van der Waals surface area contributed by atoms with E-state index in [-0.39, 0.29) is 11.4 Å². The molecule has 2 amide bonds. The normalized spacial score (nSPS) is 21.9. The predicted molar refractivity (Wildman–Crippen MR) is 160 cm³/mol. The Morgan fingerprint density at radius 1 is 0.682 bits per heavy atom. The maximum atomic E-state index is 12.5. The van der Waals surface area contributed by atoms with Crippen LogP contribution < -0.4 is 20.4 Å². The molecule has 2 aliphatic rings. The maximum absolute atomic E-state index is 12.5. The molecule has 0 saturated heterocycles. The second-order valence-electron chi connectivity index (χ2n) is 9.45. The van der Waals surface area contributed by atoms with Crippen LogP contribution in [0, 0.1) is 0 Å². The van der Waals surface area contributed by atoms with Crippen LogP contribution >= 0.6 is 0 Å². The average Bonchev–Trinajstić information content (AvgIpc) is 3.46. The third-order valence-corrected chi connectivity index (χ3v) is 7.04. The van der Waals surface area contributed by atoms with Gasteiger partial charge in [-0.15, -0.1) is 0 Å². The van der Waals surface area contributed by atoms with Gasteiger partial charge >= 0.3 is 0 Å². The zero-order chi connectivity index (χ0) is 32.7. The van der Waals surface area contributed by atoms with Gasteiger partial charge in [0.25, 0.3) is 11.8 Å². The highest BCUT2D eigenvalue weighted by atomic mass is 16.6. The molecule has 0 radical (unpaired) electrons. The van der Waals surface area contributed by atoms with Crippen molar-refractivity contribution in [3.05, 3.63) is 59.7 Å². The van der Waals surface area contributed by atoms with Gasteiger partial charge in [0.15, 0.2) is 0 Å². The van der Waals surface area contributed by atoms with Crippen molar-refractivity contribution in [3.63, 3.8) is 0 Å². The number of carbonyl (C=O) groups excluding carboxylic acids is 2. The van der Waals surface area contributed by atoms with Gasteiger partial charge in [0.2, 0.25) is 11.1 Å². The largest absolute Gasteiger partial charge is 0.497 e. The highest BCUT2D eigenvalue weighted by Gasteiger charge is 2.55. The first-order valence-corrected chi connectivity index (χ1v) is 13.0. The molecule has 0 aliphatic carbocycles. The monoisotopic (exact) mass is 612 g/mol. The van der Waals surface area contributed by atoms with E-state index < -0.39 is 22.9 Å². The molecule has 2 aromatic rings. The molecule has 16 nitrogen and oxygen atoms in total. The van der Waals surface area contributed by atoms with E-state index in [1.165, 1.54) is 28.3 Å². The second kappa shape index (κ2) is 14.0. The number of hydrazone groups is 2. The molecule has 0 fully saturated rings. The van der Waals surface area contributed by atoms with Gasteiger partial charge in [-0.1, -0.05) is 10.3 Å². The third kappa shape index (κ3) is 5.83. The molecule has 0 saturated carbocycles. The van der Waals surface area contributed by atoms with E-state index in [2.05, 4.69) is 31.5 Å². The summed E-state index contributed by atoms with van der Waals surface area (Å²) in [5.74, 6) is 0.428. The fourth-order valence-electron chi connectivity index (χ4n) is 4.70. The van der Waals surface area contributed by atoms with Crippen LogP contribution in [0.3, 0.4) is 0 Å². The number of likely N-dealkylation sites (N-methyl/N-ethyl adjacent to an activating group) is 2. The summed E-state index contributed by atoms with van der Waals surface area (Å²) in [6.07, 6.45) is 0. The number of amides is 2. The Bertz CT molecular complexity index is 1360. The molecule has 2 aliphatic heterocycles. The molecule has 4 N–H and O–H groups in total. The van der Waals surface area contributed by atoms with E-state index in [9.17, 15) is 20.0 Å². The lowest BCUT2D eigenvalue weighted by Gasteiger charge is -2.26. The summed E-state index contributed by atoms with van der Waals surface area (Å²) in [7, 11) is 8.86. The van der Waals surface area contributed by atoms with Crippen molar-refractivity contribution in [3.8, 4) is 11.5 Å². The summed E-state index contributed by atoms with van der Waals surface area (Å²) >= 11 is 0. The SMILES string of the molecule is CO/N=C(\C)C1(NO)C(=O)N(C)N=C1c1ccc(OC)cc1.CO/N=C(\C)C1(NO)C(=O)N(C)N=C1c1ccc(OC)cc1. The van der Waals surface area contributed by atoms with Gasteiger partial charge in [-0.05, 0) is 62.4 Å². The Hall–Kier alpha value is -4.90. The molecule has 2 aromatic carbocycles. The summed E-state index contributed by atoms with van der Waals surface area (Å²) in [5, 5.41) is 37.7. The van der Waals surface area contributed by atoms with Crippen molar-refractivity contribution in [2.75, 3.05) is 42.5 Å². The molecule has 44 heavy (non-hydrogen) atoms. The first-order chi connectivity index (χ1) is 21.0. The molecule has 0 aromatic heterocycles. The number of hydrogen-bond donors (Lipinski definition) is 4. The minimum absolute atomic E-state index is 0.237. The summed E-state index contributed by atoms with van der Waals surface area (Å²) in [4.78, 5) is 34.5. The van der Waals surface area contributed by atoms with Gasteiger partial charge in [0.05, 0.1) is 25.6 Å². The fourth-order valence-corrected chi connectivity index (χ4v) is 4.70. The number of hydroxylamine groups is 2. The standard InChI is InChI=1S/2C14H18N4O4/c2*1-9(16-22-4)14(17-20)12(15-18(2)13(14)19)10-5-7-11(21-3)8-6-10/h2*5-8,17,20H,1-4H3/b2*16-9+. The number of nitrogens with zero attached hydrogens (tertiary/aromatic N) is 6. The van der Waals surface area contributed by atoms with Gasteiger partial charge in [-0.2, -0.15) is 21.2 Å². The van der Waals surface area contributed by atoms with Crippen molar-refractivity contribution in [2.45, 2.75) is 24.9 Å². The fraction of sp³-hybridized carbons (Fsp3) is 0.357. The first kappa shape index (κ1) is 33.6. The number of methoxy groups -OCH3 is 2. The predicted octanol–water partition coefficient (Wildman–Crippen LogP) is 1.22. The zero-order valence-corrected chi connectivity index (χ0v) is 25.6. The van der Waals surface area contributed by atoms with Crippen LogP contribution in [-0.4, -0.2) is 109 Å². The molecular weight excluding hydrogens is 576 g/mol. The van der Waals surface area contributed by atoms with Crippen LogP contribution in [0.15, 0.2) is 69.0 Å². The average molecular weight is 613 g/mol. The van der Waals surface area contributed by atoms with Crippen molar-refractivity contribution in [1.29, 1.82) is 0 Å². The summed E-state index contributed by atoms with van der Waals surface area (Å²) < 4.78 is 10.2. The molecule has 236 valence electrons. The Labute approximate surface area is 254 Å². The molecule has 0 spiro atoms. The van der Waals surface area contributed by atoms with Crippen molar-refractivity contribution >= 4 is 34.7 Å². The van der Waals surface area contributed by atoms with Gasteiger partial charge in [0, 0.05) is 25.2 Å². The van der Waals surface area contributed by atoms with Crippen molar-refractivity contribution in [1.82, 2.24) is 21.0 Å². The van der Waals surface area contributed by atoms with E-state index in [0.717, 1.165) is 10.0 Å². The molecule has 4 rings (SSSR count). The minimum atomic E-state index is -1.58. The molecular formula is C28H36N8O8. The Balaban J connectivity index is 0.000000240. The number of nitrogens with one attached hydrogen (secondary N) is 2. The van der Waals surface area contributed by atoms with Crippen molar-refractivity contribution < 1.29 is 39.2 Å². The lowest BCUT2D eigenvalue weighted by atomic mass is 9.85. The Morgan fingerprint density at radius 3 is 1.25 bits per heavy atom.